The summed E-state index contributed by atoms with van der Waals surface area (Å²) in [5, 5.41) is 0. The van der Waals surface area contributed by atoms with Crippen LogP contribution in [0.2, 0.25) is 0 Å². The van der Waals surface area contributed by atoms with Crippen LogP contribution in [0.5, 0.6) is 0 Å². The molecule has 34 heavy (non-hydrogen) atoms. The van der Waals surface area contributed by atoms with Gasteiger partial charge < -0.3 is 9.80 Å². The number of benzene rings is 3. The van der Waals surface area contributed by atoms with Crippen LogP contribution in [0.4, 0.5) is 11.4 Å². The summed E-state index contributed by atoms with van der Waals surface area (Å²) in [5.74, 6) is -0.488. The third-order valence-electron chi connectivity index (χ3n) is 6.72. The lowest BCUT2D eigenvalue weighted by Crippen LogP contribution is -2.47. The number of anilines is 2. The highest BCUT2D eigenvalue weighted by atomic mass is 16.2. The van der Waals surface area contributed by atoms with Crippen molar-refractivity contribution in [1.82, 2.24) is 4.90 Å². The first kappa shape index (κ1) is 22.0. The first-order valence-electron chi connectivity index (χ1n) is 11.8. The quantitative estimate of drug-likeness (QED) is 0.539. The van der Waals surface area contributed by atoms with Gasteiger partial charge in [-0.15, -0.1) is 0 Å². The maximum atomic E-state index is 13.8. The fraction of sp³-hybridized carbons (Fsp3) is 0.241. The Hall–Kier alpha value is -3.86. The van der Waals surface area contributed by atoms with E-state index in [1.54, 1.807) is 0 Å². The number of hydrogen-bond donors (Lipinski definition) is 0. The van der Waals surface area contributed by atoms with Crippen molar-refractivity contribution in [3.05, 3.63) is 101 Å². The van der Waals surface area contributed by atoms with E-state index < -0.39 is 0 Å². The van der Waals surface area contributed by atoms with Crippen LogP contribution in [0.15, 0.2) is 78.5 Å². The standard InChI is InChI=1S/C29H29N3O2/c1-20-9-12-24(13-10-20)32-28(33)26(25-14-11-21(2)19-22(25)3)27(29(32)34)31-17-15-30(16-18-31)23-7-5-4-6-8-23/h4-14,19H,15-18H2,1-3H3. The molecule has 0 unspecified atom stereocenters. The van der Waals surface area contributed by atoms with Gasteiger partial charge in [-0.25, -0.2) is 4.90 Å². The Morgan fingerprint density at radius 2 is 1.24 bits per heavy atom. The van der Waals surface area contributed by atoms with Crippen molar-refractivity contribution >= 4 is 28.8 Å². The van der Waals surface area contributed by atoms with Gasteiger partial charge in [0.05, 0.1) is 11.3 Å². The zero-order chi connectivity index (χ0) is 23.8. The molecule has 5 nitrogen and oxygen atoms in total. The summed E-state index contributed by atoms with van der Waals surface area (Å²) < 4.78 is 0. The second-order valence-corrected chi connectivity index (χ2v) is 9.13. The van der Waals surface area contributed by atoms with E-state index in [1.165, 1.54) is 10.6 Å². The third kappa shape index (κ3) is 3.87. The van der Waals surface area contributed by atoms with Crippen LogP contribution in [-0.2, 0) is 9.59 Å². The molecule has 1 saturated heterocycles. The van der Waals surface area contributed by atoms with Crippen molar-refractivity contribution in [2.75, 3.05) is 36.0 Å². The Balaban J connectivity index is 1.53. The van der Waals surface area contributed by atoms with Gasteiger partial charge in [-0.05, 0) is 56.2 Å². The van der Waals surface area contributed by atoms with Crippen molar-refractivity contribution < 1.29 is 9.59 Å². The summed E-state index contributed by atoms with van der Waals surface area (Å²) in [5.41, 5.74) is 6.87. The SMILES string of the molecule is Cc1ccc(N2C(=O)C(c3ccc(C)cc3C)=C(N3CCN(c4ccccc4)CC3)C2=O)cc1. The molecule has 0 bridgehead atoms. The molecule has 2 amide bonds. The molecule has 0 radical (unpaired) electrons. The van der Waals surface area contributed by atoms with E-state index in [0.29, 0.717) is 30.0 Å². The average molecular weight is 452 g/mol. The number of carbonyl (C=O) groups is 2. The van der Waals surface area contributed by atoms with Crippen LogP contribution >= 0.6 is 0 Å². The molecule has 0 saturated carbocycles. The number of amides is 2. The second-order valence-electron chi connectivity index (χ2n) is 9.13. The summed E-state index contributed by atoms with van der Waals surface area (Å²) >= 11 is 0. The molecular formula is C29H29N3O2. The average Bonchev–Trinajstić information content (AvgIpc) is 3.10. The van der Waals surface area contributed by atoms with Gasteiger partial charge in [0.2, 0.25) is 0 Å². The van der Waals surface area contributed by atoms with E-state index in [0.717, 1.165) is 35.3 Å². The van der Waals surface area contributed by atoms with E-state index in [1.807, 2.05) is 75.4 Å². The molecule has 2 aliphatic heterocycles. The summed E-state index contributed by atoms with van der Waals surface area (Å²) in [6, 6.07) is 23.9. The van der Waals surface area contributed by atoms with Crippen molar-refractivity contribution in [2.45, 2.75) is 20.8 Å². The highest BCUT2D eigenvalue weighted by Crippen LogP contribution is 2.37. The maximum Gasteiger partial charge on any atom is 0.282 e. The van der Waals surface area contributed by atoms with Gasteiger partial charge in [-0.3, -0.25) is 9.59 Å². The number of hydrogen-bond acceptors (Lipinski definition) is 4. The lowest BCUT2D eigenvalue weighted by atomic mass is 9.97. The minimum atomic E-state index is -0.249. The zero-order valence-corrected chi connectivity index (χ0v) is 19.9. The molecule has 0 aromatic heterocycles. The van der Waals surface area contributed by atoms with Crippen LogP contribution < -0.4 is 9.80 Å². The molecule has 2 heterocycles. The molecule has 5 rings (SSSR count). The van der Waals surface area contributed by atoms with Crippen LogP contribution in [0.25, 0.3) is 5.57 Å². The third-order valence-corrected chi connectivity index (χ3v) is 6.72. The lowest BCUT2D eigenvalue weighted by Gasteiger charge is -2.37. The van der Waals surface area contributed by atoms with Crippen molar-refractivity contribution in [3.8, 4) is 0 Å². The minimum Gasteiger partial charge on any atom is -0.368 e. The Morgan fingerprint density at radius 3 is 1.88 bits per heavy atom. The Morgan fingerprint density at radius 1 is 0.618 bits per heavy atom. The van der Waals surface area contributed by atoms with Gasteiger partial charge in [0.1, 0.15) is 5.70 Å². The van der Waals surface area contributed by atoms with Gasteiger partial charge in [-0.2, -0.15) is 0 Å². The topological polar surface area (TPSA) is 43.9 Å². The monoisotopic (exact) mass is 451 g/mol. The van der Waals surface area contributed by atoms with Crippen LogP contribution in [-0.4, -0.2) is 42.9 Å². The minimum absolute atomic E-state index is 0.239. The summed E-state index contributed by atoms with van der Waals surface area (Å²) in [7, 11) is 0. The number of rotatable bonds is 4. The van der Waals surface area contributed by atoms with E-state index >= 15 is 0 Å². The van der Waals surface area contributed by atoms with E-state index in [9.17, 15) is 9.59 Å². The molecular weight excluding hydrogens is 422 g/mol. The molecule has 0 atom stereocenters. The van der Waals surface area contributed by atoms with Gasteiger partial charge in [-0.1, -0.05) is 59.7 Å². The first-order chi connectivity index (χ1) is 16.4. The summed E-state index contributed by atoms with van der Waals surface area (Å²) in [6.45, 7) is 8.98. The largest absolute Gasteiger partial charge is 0.368 e. The van der Waals surface area contributed by atoms with Gasteiger partial charge in [0.15, 0.2) is 0 Å². The molecule has 2 aliphatic rings. The Kier molecular flexibility index (Phi) is 5.70. The normalized spacial score (nSPS) is 16.6. The van der Waals surface area contributed by atoms with Gasteiger partial charge in [0, 0.05) is 31.9 Å². The molecule has 3 aromatic carbocycles. The van der Waals surface area contributed by atoms with Crippen molar-refractivity contribution in [1.29, 1.82) is 0 Å². The van der Waals surface area contributed by atoms with E-state index in [-0.39, 0.29) is 11.8 Å². The zero-order valence-electron chi connectivity index (χ0n) is 19.9. The smallest absolute Gasteiger partial charge is 0.282 e. The lowest BCUT2D eigenvalue weighted by molar-refractivity contribution is -0.120. The number of nitrogens with zero attached hydrogens (tertiary/aromatic N) is 3. The highest BCUT2D eigenvalue weighted by molar-refractivity contribution is 6.45. The van der Waals surface area contributed by atoms with Crippen LogP contribution in [0, 0.1) is 20.8 Å². The Bertz CT molecular complexity index is 1270. The highest BCUT2D eigenvalue weighted by Gasteiger charge is 2.43. The van der Waals surface area contributed by atoms with Crippen molar-refractivity contribution in [3.63, 3.8) is 0 Å². The molecule has 0 N–H and O–H groups in total. The predicted molar refractivity (Wildman–Crippen MR) is 137 cm³/mol. The molecule has 1 fully saturated rings. The number of carbonyl (C=O) groups excluding carboxylic acids is 2. The fourth-order valence-corrected chi connectivity index (χ4v) is 4.90. The number of imide groups is 1. The van der Waals surface area contributed by atoms with Gasteiger partial charge >= 0.3 is 0 Å². The molecule has 0 aliphatic carbocycles. The van der Waals surface area contributed by atoms with E-state index in [4.69, 9.17) is 0 Å². The molecule has 0 spiro atoms. The summed E-state index contributed by atoms with van der Waals surface area (Å²) in [4.78, 5) is 33.4. The van der Waals surface area contributed by atoms with E-state index in [2.05, 4.69) is 28.0 Å². The van der Waals surface area contributed by atoms with Crippen LogP contribution in [0.3, 0.4) is 0 Å². The first-order valence-corrected chi connectivity index (χ1v) is 11.8. The maximum absolute atomic E-state index is 13.8. The molecule has 3 aromatic rings. The molecule has 172 valence electrons. The predicted octanol–water partition coefficient (Wildman–Crippen LogP) is 4.72. The number of aryl methyl sites for hydroxylation is 3. The summed E-state index contributed by atoms with van der Waals surface area (Å²) in [6.07, 6.45) is 0. The Labute approximate surface area is 200 Å². The van der Waals surface area contributed by atoms with Gasteiger partial charge in [0.25, 0.3) is 11.8 Å². The van der Waals surface area contributed by atoms with Crippen molar-refractivity contribution in [2.24, 2.45) is 0 Å². The van der Waals surface area contributed by atoms with Crippen LogP contribution in [0.1, 0.15) is 22.3 Å². The fourth-order valence-electron chi connectivity index (χ4n) is 4.90. The molecule has 5 heteroatoms. The number of piperazine rings is 1. The second kappa shape index (κ2) is 8.82. The number of para-hydroxylation sites is 1.